The monoisotopic (exact) mass is 506 g/mol. The summed E-state index contributed by atoms with van der Waals surface area (Å²) in [5.74, 6) is -0.300. The van der Waals surface area contributed by atoms with Crippen LogP contribution in [0.3, 0.4) is 0 Å². The van der Waals surface area contributed by atoms with Crippen molar-refractivity contribution in [1.82, 2.24) is 0 Å². The highest BCUT2D eigenvalue weighted by Crippen LogP contribution is 2.38. The number of esters is 1. The summed E-state index contributed by atoms with van der Waals surface area (Å²) in [6, 6.07) is 19.5. The van der Waals surface area contributed by atoms with Gasteiger partial charge in [0.2, 0.25) is 0 Å². The Balaban J connectivity index is 1.39. The summed E-state index contributed by atoms with van der Waals surface area (Å²) in [6.07, 6.45) is 10.6. The summed E-state index contributed by atoms with van der Waals surface area (Å²) in [7, 11) is 0. The molecule has 0 aromatic heterocycles. The van der Waals surface area contributed by atoms with E-state index >= 15 is 0 Å². The van der Waals surface area contributed by atoms with Crippen molar-refractivity contribution < 1.29 is 9.53 Å². The van der Waals surface area contributed by atoms with Crippen molar-refractivity contribution in [3.05, 3.63) is 60.2 Å². The lowest BCUT2D eigenvalue weighted by atomic mass is 9.86. The van der Waals surface area contributed by atoms with Gasteiger partial charge in [0.05, 0.1) is 12.5 Å². The van der Waals surface area contributed by atoms with Gasteiger partial charge in [-0.05, 0) is 57.1 Å². The molecule has 0 heterocycles. The molecule has 1 atom stereocenters. The highest BCUT2D eigenvalue weighted by molar-refractivity contribution is 9.09. The molecule has 3 heteroatoms. The maximum absolute atomic E-state index is 13.0. The summed E-state index contributed by atoms with van der Waals surface area (Å²) in [4.78, 5) is 13.0. The van der Waals surface area contributed by atoms with Gasteiger partial charge in [-0.2, -0.15) is 0 Å². The zero-order valence-electron chi connectivity index (χ0n) is 19.7. The average molecular weight is 508 g/mol. The van der Waals surface area contributed by atoms with E-state index in [0.717, 1.165) is 30.2 Å². The van der Waals surface area contributed by atoms with E-state index in [9.17, 15) is 4.79 Å². The van der Waals surface area contributed by atoms with Gasteiger partial charge in [0.15, 0.2) is 0 Å². The third-order valence-electron chi connectivity index (χ3n) is 6.90. The molecule has 4 aromatic carbocycles. The summed E-state index contributed by atoms with van der Waals surface area (Å²) in [5.41, 5.74) is 1.09. The standard InChI is InChI=1S/C30H35BrO2/c1-2-25(30(32)33-21-10-8-6-4-3-5-7-9-20-31)26-18-16-24-15-14-22-12-11-13-23-17-19-27(26)29(24)28(22)23/h11-19,25H,2-10,20-21H2,1H3. The van der Waals surface area contributed by atoms with Gasteiger partial charge in [0.1, 0.15) is 0 Å². The number of ether oxygens (including phenoxy) is 1. The van der Waals surface area contributed by atoms with Crippen LogP contribution in [0.5, 0.6) is 0 Å². The molecule has 0 amide bonds. The first-order chi connectivity index (χ1) is 16.2. The maximum atomic E-state index is 13.0. The lowest BCUT2D eigenvalue weighted by molar-refractivity contribution is -0.145. The smallest absolute Gasteiger partial charge is 0.313 e. The van der Waals surface area contributed by atoms with Crippen LogP contribution in [0.15, 0.2) is 54.6 Å². The van der Waals surface area contributed by atoms with E-state index in [0.29, 0.717) is 6.61 Å². The van der Waals surface area contributed by atoms with Crippen LogP contribution in [0.2, 0.25) is 0 Å². The first-order valence-electron chi connectivity index (χ1n) is 12.6. The zero-order valence-corrected chi connectivity index (χ0v) is 21.3. The Morgan fingerprint density at radius 1 is 0.758 bits per heavy atom. The highest BCUT2D eigenvalue weighted by atomic mass is 79.9. The Morgan fingerprint density at radius 2 is 1.33 bits per heavy atom. The van der Waals surface area contributed by atoms with Gasteiger partial charge in [-0.25, -0.2) is 0 Å². The quantitative estimate of drug-likeness (QED) is 0.0781. The van der Waals surface area contributed by atoms with E-state index in [2.05, 4.69) is 77.5 Å². The van der Waals surface area contributed by atoms with Gasteiger partial charge in [0, 0.05) is 5.33 Å². The molecule has 4 rings (SSSR count). The van der Waals surface area contributed by atoms with Crippen LogP contribution in [0.1, 0.15) is 76.2 Å². The van der Waals surface area contributed by atoms with Crippen LogP contribution in [0.4, 0.5) is 0 Å². The average Bonchev–Trinajstić information content (AvgIpc) is 2.85. The van der Waals surface area contributed by atoms with Gasteiger partial charge < -0.3 is 4.74 Å². The molecule has 0 saturated carbocycles. The Morgan fingerprint density at radius 3 is 2.00 bits per heavy atom. The SMILES string of the molecule is CCC(C(=O)OCCCCCCCCCCBr)c1ccc2ccc3cccc4ccc1c2c34. The highest BCUT2D eigenvalue weighted by Gasteiger charge is 2.23. The second kappa shape index (κ2) is 11.8. The van der Waals surface area contributed by atoms with Crippen molar-refractivity contribution in [2.24, 2.45) is 0 Å². The topological polar surface area (TPSA) is 26.3 Å². The third-order valence-corrected chi connectivity index (χ3v) is 7.46. The minimum Gasteiger partial charge on any atom is -0.465 e. The second-order valence-corrected chi connectivity index (χ2v) is 9.95. The Kier molecular flexibility index (Phi) is 8.61. The molecule has 0 aliphatic carbocycles. The molecule has 0 aliphatic heterocycles. The molecule has 174 valence electrons. The van der Waals surface area contributed by atoms with Crippen molar-refractivity contribution in [3.8, 4) is 0 Å². The summed E-state index contributed by atoms with van der Waals surface area (Å²) in [6.45, 7) is 2.62. The number of hydrogen-bond donors (Lipinski definition) is 0. The molecule has 0 fully saturated rings. The largest absolute Gasteiger partial charge is 0.465 e. The van der Waals surface area contributed by atoms with E-state index in [1.165, 1.54) is 70.8 Å². The van der Waals surface area contributed by atoms with Crippen LogP contribution in [-0.4, -0.2) is 17.9 Å². The third kappa shape index (κ3) is 5.51. The zero-order chi connectivity index (χ0) is 23.0. The van der Waals surface area contributed by atoms with Gasteiger partial charge >= 0.3 is 5.97 Å². The van der Waals surface area contributed by atoms with Crippen molar-refractivity contribution in [1.29, 1.82) is 0 Å². The van der Waals surface area contributed by atoms with Crippen molar-refractivity contribution in [2.75, 3.05) is 11.9 Å². The lowest BCUT2D eigenvalue weighted by Gasteiger charge is -2.19. The fourth-order valence-corrected chi connectivity index (χ4v) is 5.50. The fourth-order valence-electron chi connectivity index (χ4n) is 5.11. The van der Waals surface area contributed by atoms with Gasteiger partial charge in [-0.3, -0.25) is 4.79 Å². The van der Waals surface area contributed by atoms with Crippen molar-refractivity contribution in [3.63, 3.8) is 0 Å². The van der Waals surface area contributed by atoms with Gasteiger partial charge in [-0.15, -0.1) is 0 Å². The van der Waals surface area contributed by atoms with Gasteiger partial charge in [0.25, 0.3) is 0 Å². The number of unbranched alkanes of at least 4 members (excludes halogenated alkanes) is 7. The number of carbonyl (C=O) groups excluding carboxylic acids is 1. The number of rotatable bonds is 13. The maximum Gasteiger partial charge on any atom is 0.313 e. The molecular formula is C30H35BrO2. The summed E-state index contributed by atoms with van der Waals surface area (Å²) < 4.78 is 5.76. The summed E-state index contributed by atoms with van der Waals surface area (Å²) in [5, 5.41) is 8.60. The molecule has 0 bridgehead atoms. The van der Waals surface area contributed by atoms with Crippen LogP contribution >= 0.6 is 15.9 Å². The molecular weight excluding hydrogens is 472 g/mol. The number of halogens is 1. The molecule has 2 nitrogen and oxygen atoms in total. The second-order valence-electron chi connectivity index (χ2n) is 9.16. The van der Waals surface area contributed by atoms with Crippen molar-refractivity contribution >= 4 is 54.2 Å². The molecule has 1 unspecified atom stereocenters. The Bertz CT molecular complexity index is 1170. The van der Waals surface area contributed by atoms with E-state index in [-0.39, 0.29) is 11.9 Å². The number of alkyl halides is 1. The molecule has 0 saturated heterocycles. The van der Waals surface area contributed by atoms with Crippen molar-refractivity contribution in [2.45, 2.75) is 70.6 Å². The normalized spacial score (nSPS) is 12.7. The number of hydrogen-bond acceptors (Lipinski definition) is 2. The van der Waals surface area contributed by atoms with E-state index in [1.54, 1.807) is 0 Å². The van der Waals surface area contributed by atoms with Gasteiger partial charge in [-0.1, -0.05) is 116 Å². The van der Waals surface area contributed by atoms with E-state index < -0.39 is 0 Å². The fraction of sp³-hybridized carbons (Fsp3) is 0.433. The van der Waals surface area contributed by atoms with E-state index in [1.807, 2.05) is 0 Å². The Labute approximate surface area is 206 Å². The van der Waals surface area contributed by atoms with E-state index in [4.69, 9.17) is 4.74 Å². The first-order valence-corrected chi connectivity index (χ1v) is 13.8. The van der Waals surface area contributed by atoms with Crippen LogP contribution in [0, 0.1) is 0 Å². The van der Waals surface area contributed by atoms with Crippen LogP contribution < -0.4 is 0 Å². The molecule has 33 heavy (non-hydrogen) atoms. The minimum absolute atomic E-state index is 0.0812. The number of benzene rings is 4. The predicted octanol–water partition coefficient (Wildman–Crippen LogP) is 9.14. The number of carbonyl (C=O) groups is 1. The van der Waals surface area contributed by atoms with Crippen LogP contribution in [-0.2, 0) is 9.53 Å². The first kappa shape index (κ1) is 24.0. The molecule has 4 aromatic rings. The molecule has 0 N–H and O–H groups in total. The molecule has 0 aliphatic rings. The Hall–Kier alpha value is -2.13. The minimum atomic E-state index is -0.219. The predicted molar refractivity (Wildman–Crippen MR) is 145 cm³/mol. The van der Waals surface area contributed by atoms with Crippen LogP contribution in [0.25, 0.3) is 32.3 Å². The molecule has 0 radical (unpaired) electrons. The summed E-state index contributed by atoms with van der Waals surface area (Å²) >= 11 is 3.49. The lowest BCUT2D eigenvalue weighted by Crippen LogP contribution is -2.16. The molecule has 0 spiro atoms.